The van der Waals surface area contributed by atoms with Crippen LogP contribution in [0.2, 0.25) is 0 Å². The maximum atomic E-state index is 4.17. The van der Waals surface area contributed by atoms with E-state index in [0.29, 0.717) is 11.8 Å². The molecular weight excluding hydrogens is 416 g/mol. The zero-order valence-electron chi connectivity index (χ0n) is 17.4. The van der Waals surface area contributed by atoms with Gasteiger partial charge in [-0.05, 0) is 76.6 Å². The van der Waals surface area contributed by atoms with Crippen molar-refractivity contribution in [3.8, 4) is 0 Å². The fourth-order valence-electron chi connectivity index (χ4n) is 5.68. The molecular formula is C28H29Br. The highest BCUT2D eigenvalue weighted by atomic mass is 79.9. The van der Waals surface area contributed by atoms with E-state index in [2.05, 4.69) is 103 Å². The number of alkyl halides is 1. The van der Waals surface area contributed by atoms with Crippen LogP contribution in [0, 0.1) is 11.8 Å². The van der Waals surface area contributed by atoms with Gasteiger partial charge in [-0.2, -0.15) is 0 Å². The molecule has 4 unspecified atom stereocenters. The van der Waals surface area contributed by atoms with Gasteiger partial charge in [0.1, 0.15) is 0 Å². The van der Waals surface area contributed by atoms with Gasteiger partial charge in [0.15, 0.2) is 0 Å². The van der Waals surface area contributed by atoms with Gasteiger partial charge in [0.2, 0.25) is 0 Å². The van der Waals surface area contributed by atoms with Crippen LogP contribution in [0.25, 0.3) is 16.8 Å². The predicted molar refractivity (Wildman–Crippen MR) is 129 cm³/mol. The second-order valence-corrected chi connectivity index (χ2v) is 10.7. The number of halogens is 1. The molecule has 0 spiro atoms. The summed E-state index contributed by atoms with van der Waals surface area (Å²) in [6.45, 7) is 4.79. The van der Waals surface area contributed by atoms with Crippen LogP contribution in [0.5, 0.6) is 0 Å². The Bertz CT molecular complexity index is 1080. The number of benzene rings is 3. The van der Waals surface area contributed by atoms with Crippen LogP contribution >= 0.6 is 15.9 Å². The molecule has 3 aromatic rings. The van der Waals surface area contributed by atoms with E-state index < -0.39 is 0 Å². The van der Waals surface area contributed by atoms with Crippen molar-refractivity contribution >= 4 is 32.8 Å². The highest BCUT2D eigenvalue weighted by Crippen LogP contribution is 2.53. The Kier molecular flexibility index (Phi) is 4.90. The Labute approximate surface area is 183 Å². The summed E-state index contributed by atoms with van der Waals surface area (Å²) in [4.78, 5) is 0. The lowest BCUT2D eigenvalue weighted by Gasteiger charge is -2.28. The summed E-state index contributed by atoms with van der Waals surface area (Å²) < 4.78 is 0.126. The summed E-state index contributed by atoms with van der Waals surface area (Å²) in [5, 5.41) is 2.80. The van der Waals surface area contributed by atoms with Crippen molar-refractivity contribution in [1.29, 1.82) is 0 Å². The van der Waals surface area contributed by atoms with Gasteiger partial charge in [-0.3, -0.25) is 0 Å². The van der Waals surface area contributed by atoms with E-state index in [-0.39, 0.29) is 4.32 Å². The van der Waals surface area contributed by atoms with E-state index in [9.17, 15) is 0 Å². The minimum Gasteiger partial charge on any atom is -0.0798 e. The Hall–Kier alpha value is -1.86. The smallest absolute Gasteiger partial charge is 0.0534 e. The second-order valence-electron chi connectivity index (χ2n) is 9.29. The molecule has 0 amide bonds. The molecule has 0 N–H and O–H groups in total. The summed E-state index contributed by atoms with van der Waals surface area (Å²) in [7, 11) is 0. The van der Waals surface area contributed by atoms with Gasteiger partial charge in [-0.15, -0.1) is 0 Å². The molecule has 0 bridgehead atoms. The van der Waals surface area contributed by atoms with E-state index in [1.54, 1.807) is 0 Å². The molecule has 0 heterocycles. The maximum absolute atomic E-state index is 4.17. The monoisotopic (exact) mass is 444 g/mol. The molecule has 148 valence electrons. The second kappa shape index (κ2) is 7.43. The summed E-state index contributed by atoms with van der Waals surface area (Å²) >= 11 is 4.17. The molecule has 5 rings (SSSR count). The van der Waals surface area contributed by atoms with Crippen LogP contribution < -0.4 is 0 Å². The quantitative estimate of drug-likeness (QED) is 0.355. The van der Waals surface area contributed by atoms with E-state index in [1.807, 2.05) is 0 Å². The Morgan fingerprint density at radius 2 is 1.86 bits per heavy atom. The molecule has 0 nitrogen and oxygen atoms in total. The zero-order chi connectivity index (χ0) is 20.0. The molecule has 0 aromatic heterocycles. The highest BCUT2D eigenvalue weighted by Gasteiger charge is 2.42. The standard InChI is InChI=1S/C28H29Br/c1-19-16-20(2)28(29,18-19)25-15-14-23-8-5-7-22(27(23)17-25)11-13-24-12-10-21-6-3-4-9-26(21)24/h3-10,12,14-15,17,19-20,24H,11,13,16,18H2,1-2H3. The lowest BCUT2D eigenvalue weighted by Crippen LogP contribution is -2.21. The third kappa shape index (κ3) is 3.38. The fraction of sp³-hybridized carbons (Fsp3) is 0.357. The summed E-state index contributed by atoms with van der Waals surface area (Å²) in [6, 6.07) is 22.8. The molecule has 0 saturated heterocycles. The van der Waals surface area contributed by atoms with Gasteiger partial charge in [0, 0.05) is 5.92 Å². The first kappa shape index (κ1) is 19.1. The van der Waals surface area contributed by atoms with Crippen molar-refractivity contribution in [3.63, 3.8) is 0 Å². The lowest BCUT2D eigenvalue weighted by molar-refractivity contribution is 0.496. The summed E-state index contributed by atoms with van der Waals surface area (Å²) in [5.74, 6) is 2.00. The molecule has 3 aromatic carbocycles. The van der Waals surface area contributed by atoms with E-state index in [1.165, 1.54) is 52.3 Å². The highest BCUT2D eigenvalue weighted by molar-refractivity contribution is 9.09. The maximum Gasteiger partial charge on any atom is 0.0534 e. The minimum atomic E-state index is 0.126. The largest absolute Gasteiger partial charge is 0.0798 e. The third-order valence-electron chi connectivity index (χ3n) is 7.26. The average molecular weight is 445 g/mol. The first-order chi connectivity index (χ1) is 14.0. The first-order valence-electron chi connectivity index (χ1n) is 11.0. The molecule has 1 heteroatoms. The van der Waals surface area contributed by atoms with Crippen molar-refractivity contribution in [2.75, 3.05) is 0 Å². The van der Waals surface area contributed by atoms with E-state index in [0.717, 1.165) is 12.3 Å². The number of allylic oxidation sites excluding steroid dienone is 1. The van der Waals surface area contributed by atoms with Crippen LogP contribution in [0.15, 0.2) is 66.7 Å². The molecule has 1 fully saturated rings. The molecule has 0 aliphatic heterocycles. The zero-order valence-corrected chi connectivity index (χ0v) is 19.0. The molecule has 2 aliphatic rings. The van der Waals surface area contributed by atoms with Gasteiger partial charge in [0.05, 0.1) is 4.32 Å². The van der Waals surface area contributed by atoms with Crippen molar-refractivity contribution in [1.82, 2.24) is 0 Å². The Morgan fingerprint density at radius 1 is 1.00 bits per heavy atom. The van der Waals surface area contributed by atoms with Crippen LogP contribution in [0.3, 0.4) is 0 Å². The Morgan fingerprint density at radius 3 is 2.69 bits per heavy atom. The Balaban J connectivity index is 1.45. The summed E-state index contributed by atoms with van der Waals surface area (Å²) in [6.07, 6.45) is 9.49. The van der Waals surface area contributed by atoms with Gasteiger partial charge < -0.3 is 0 Å². The van der Waals surface area contributed by atoms with Crippen molar-refractivity contribution in [2.45, 2.75) is 49.8 Å². The predicted octanol–water partition coefficient (Wildman–Crippen LogP) is 8.24. The SMILES string of the molecule is CC1CC(C)C(Br)(c2ccc3cccc(CCC4C=Cc5ccccc54)c3c2)C1. The fourth-order valence-corrected chi connectivity index (χ4v) is 6.67. The van der Waals surface area contributed by atoms with Crippen LogP contribution in [0.4, 0.5) is 0 Å². The molecule has 2 aliphatic carbocycles. The number of aryl methyl sites for hydroxylation is 1. The minimum absolute atomic E-state index is 0.126. The van der Waals surface area contributed by atoms with Crippen molar-refractivity contribution in [2.24, 2.45) is 11.8 Å². The van der Waals surface area contributed by atoms with E-state index >= 15 is 0 Å². The normalized spacial score (nSPS) is 28.2. The van der Waals surface area contributed by atoms with Gasteiger partial charge >= 0.3 is 0 Å². The molecule has 4 atom stereocenters. The summed E-state index contributed by atoms with van der Waals surface area (Å²) in [5.41, 5.74) is 5.82. The first-order valence-corrected chi connectivity index (χ1v) is 11.8. The average Bonchev–Trinajstić information content (AvgIpc) is 3.26. The van der Waals surface area contributed by atoms with Gasteiger partial charge in [-0.1, -0.05) is 96.5 Å². The van der Waals surface area contributed by atoms with Crippen LogP contribution in [-0.2, 0) is 10.7 Å². The van der Waals surface area contributed by atoms with E-state index in [4.69, 9.17) is 0 Å². The van der Waals surface area contributed by atoms with Crippen LogP contribution in [-0.4, -0.2) is 0 Å². The number of hydrogen-bond donors (Lipinski definition) is 0. The topological polar surface area (TPSA) is 0 Å². The number of hydrogen-bond acceptors (Lipinski definition) is 0. The molecule has 1 saturated carbocycles. The molecule has 0 radical (unpaired) electrons. The van der Waals surface area contributed by atoms with Crippen molar-refractivity contribution < 1.29 is 0 Å². The van der Waals surface area contributed by atoms with Gasteiger partial charge in [0.25, 0.3) is 0 Å². The third-order valence-corrected chi connectivity index (χ3v) is 8.83. The van der Waals surface area contributed by atoms with Gasteiger partial charge in [-0.25, -0.2) is 0 Å². The number of fused-ring (bicyclic) bond motifs is 2. The number of rotatable bonds is 4. The van der Waals surface area contributed by atoms with Crippen LogP contribution in [0.1, 0.15) is 61.3 Å². The molecule has 29 heavy (non-hydrogen) atoms. The lowest BCUT2D eigenvalue weighted by atomic mass is 9.87. The van der Waals surface area contributed by atoms with Crippen molar-refractivity contribution in [3.05, 3.63) is 89.0 Å².